The van der Waals surface area contributed by atoms with Crippen molar-refractivity contribution in [3.63, 3.8) is 0 Å². The normalized spacial score (nSPS) is 13.7. The first-order chi connectivity index (χ1) is 14.2. The minimum absolute atomic E-state index is 0.0541. The number of ether oxygens (including phenoxy) is 2. The predicted molar refractivity (Wildman–Crippen MR) is 115 cm³/mol. The molecule has 0 aliphatic carbocycles. The van der Waals surface area contributed by atoms with Gasteiger partial charge in [-0.15, -0.1) is 11.3 Å². The maximum Gasteiger partial charge on any atom is 0.262 e. The largest absolute Gasteiger partial charge is 0.482 e. The van der Waals surface area contributed by atoms with Crippen LogP contribution in [-0.4, -0.2) is 30.8 Å². The number of carbonyl (C=O) groups is 1. The summed E-state index contributed by atoms with van der Waals surface area (Å²) in [6.07, 6.45) is 1.01. The molecule has 0 atom stereocenters. The predicted octanol–water partition coefficient (Wildman–Crippen LogP) is 3.99. The summed E-state index contributed by atoms with van der Waals surface area (Å²) in [5, 5.41) is 4.96. The molecule has 150 valence electrons. The van der Waals surface area contributed by atoms with Crippen LogP contribution in [0.15, 0.2) is 52.8 Å². The second kappa shape index (κ2) is 8.63. The molecule has 0 saturated carbocycles. The van der Waals surface area contributed by atoms with E-state index in [4.69, 9.17) is 14.5 Å². The molecule has 1 aliphatic heterocycles. The van der Waals surface area contributed by atoms with Crippen LogP contribution in [0, 0.1) is 0 Å². The fourth-order valence-corrected chi connectivity index (χ4v) is 4.16. The molecule has 1 aromatic heterocycles. The van der Waals surface area contributed by atoms with Crippen LogP contribution in [0.25, 0.3) is 11.3 Å². The van der Waals surface area contributed by atoms with Crippen LogP contribution >= 0.6 is 11.3 Å². The van der Waals surface area contributed by atoms with E-state index < -0.39 is 0 Å². The van der Waals surface area contributed by atoms with Crippen molar-refractivity contribution in [3.8, 4) is 17.0 Å². The summed E-state index contributed by atoms with van der Waals surface area (Å²) < 4.78 is 12.9. The molecule has 0 radical (unpaired) electrons. The summed E-state index contributed by atoms with van der Waals surface area (Å²) >= 11 is 1.59. The first-order valence-electron chi connectivity index (χ1n) is 9.56. The number of aryl methyl sites for hydroxylation is 1. The highest BCUT2D eigenvalue weighted by atomic mass is 32.1. The van der Waals surface area contributed by atoms with Crippen molar-refractivity contribution < 1.29 is 14.3 Å². The van der Waals surface area contributed by atoms with E-state index in [0.717, 1.165) is 28.2 Å². The number of hydrogen-bond donors (Lipinski definition) is 1. The topological polar surface area (TPSA) is 64.8 Å². The molecular formula is C22H23N3O3S. The number of methoxy groups -OCH3 is 1. The Labute approximate surface area is 173 Å². The Hall–Kier alpha value is -2.90. The summed E-state index contributed by atoms with van der Waals surface area (Å²) in [5.41, 5.74) is 4.93. The second-order valence-electron chi connectivity index (χ2n) is 6.73. The van der Waals surface area contributed by atoms with Gasteiger partial charge in [-0.2, -0.15) is 0 Å². The summed E-state index contributed by atoms with van der Waals surface area (Å²) in [6.45, 7) is 3.46. The average molecular weight is 410 g/mol. The highest BCUT2D eigenvalue weighted by molar-refractivity contribution is 7.07. The van der Waals surface area contributed by atoms with Crippen LogP contribution < -0.4 is 14.9 Å². The SMILES string of the molecule is CCc1ccc(N=c2scc(-c3ccc4c(c3)NC(=O)CO4)n2CCOC)cc1. The number of amides is 1. The molecule has 0 spiro atoms. The molecule has 0 fully saturated rings. The van der Waals surface area contributed by atoms with Crippen LogP contribution in [-0.2, 0) is 22.5 Å². The zero-order chi connectivity index (χ0) is 20.2. The third kappa shape index (κ3) is 4.26. The van der Waals surface area contributed by atoms with Gasteiger partial charge in [0.25, 0.3) is 5.91 Å². The number of aromatic nitrogens is 1. The molecule has 1 amide bonds. The van der Waals surface area contributed by atoms with Crippen LogP contribution in [0.5, 0.6) is 5.75 Å². The molecule has 29 heavy (non-hydrogen) atoms. The molecule has 1 aliphatic rings. The van der Waals surface area contributed by atoms with Crippen molar-refractivity contribution in [1.29, 1.82) is 0 Å². The summed E-state index contributed by atoms with van der Waals surface area (Å²) in [7, 11) is 1.69. The third-order valence-corrected chi connectivity index (χ3v) is 5.66. The Balaban J connectivity index is 1.75. The first kappa shape index (κ1) is 19.4. The van der Waals surface area contributed by atoms with Crippen LogP contribution in [0.3, 0.4) is 0 Å². The zero-order valence-electron chi connectivity index (χ0n) is 16.5. The maximum absolute atomic E-state index is 11.7. The highest BCUT2D eigenvalue weighted by Crippen LogP contribution is 2.33. The van der Waals surface area contributed by atoms with Crippen molar-refractivity contribution in [3.05, 3.63) is 58.2 Å². The molecule has 2 heterocycles. The molecule has 7 heteroatoms. The van der Waals surface area contributed by atoms with Gasteiger partial charge in [0.05, 0.1) is 23.7 Å². The molecule has 0 unspecified atom stereocenters. The van der Waals surface area contributed by atoms with Gasteiger partial charge in [0, 0.05) is 24.6 Å². The van der Waals surface area contributed by atoms with Crippen molar-refractivity contribution >= 4 is 28.6 Å². The lowest BCUT2D eigenvalue weighted by Crippen LogP contribution is -2.25. The highest BCUT2D eigenvalue weighted by Gasteiger charge is 2.17. The van der Waals surface area contributed by atoms with Crippen LogP contribution in [0.2, 0.25) is 0 Å². The van der Waals surface area contributed by atoms with E-state index in [1.165, 1.54) is 5.56 Å². The minimum atomic E-state index is -0.140. The number of thiazole rings is 1. The number of nitrogens with one attached hydrogen (secondary N) is 1. The number of fused-ring (bicyclic) bond motifs is 1. The number of rotatable bonds is 6. The van der Waals surface area contributed by atoms with Crippen LogP contribution in [0.4, 0.5) is 11.4 Å². The number of hydrogen-bond acceptors (Lipinski definition) is 5. The van der Waals surface area contributed by atoms with Gasteiger partial charge < -0.3 is 19.4 Å². The van der Waals surface area contributed by atoms with Gasteiger partial charge in [0.1, 0.15) is 5.75 Å². The molecule has 0 saturated heterocycles. The van der Waals surface area contributed by atoms with Gasteiger partial charge in [-0.25, -0.2) is 4.99 Å². The van der Waals surface area contributed by atoms with E-state index in [2.05, 4.69) is 34.3 Å². The standard InChI is InChI=1S/C22H23N3O3S/c1-3-15-4-7-17(8-5-15)23-22-25(10-11-27-2)19(14-29-22)16-6-9-20-18(12-16)24-21(26)13-28-20/h4-9,12,14H,3,10-11,13H2,1-2H3,(H,24,26). The van der Waals surface area contributed by atoms with Gasteiger partial charge in [-0.3, -0.25) is 4.79 Å². The smallest absolute Gasteiger partial charge is 0.262 e. The van der Waals surface area contributed by atoms with Gasteiger partial charge >= 0.3 is 0 Å². The number of benzene rings is 2. The van der Waals surface area contributed by atoms with Gasteiger partial charge in [0.15, 0.2) is 11.4 Å². The van der Waals surface area contributed by atoms with Crippen molar-refractivity contribution in [1.82, 2.24) is 4.57 Å². The quantitative estimate of drug-likeness (QED) is 0.670. The van der Waals surface area contributed by atoms with E-state index in [1.807, 2.05) is 30.3 Å². The molecule has 1 N–H and O–H groups in total. The maximum atomic E-state index is 11.7. The van der Waals surface area contributed by atoms with Crippen LogP contribution in [0.1, 0.15) is 12.5 Å². The summed E-state index contributed by atoms with van der Waals surface area (Å²) in [6, 6.07) is 14.1. The van der Waals surface area contributed by atoms with Gasteiger partial charge in [-0.05, 0) is 42.3 Å². The zero-order valence-corrected chi connectivity index (χ0v) is 17.3. The Morgan fingerprint density at radius 3 is 2.83 bits per heavy atom. The molecule has 6 nitrogen and oxygen atoms in total. The second-order valence-corrected chi connectivity index (χ2v) is 7.56. The number of nitrogens with zero attached hydrogens (tertiary/aromatic N) is 2. The number of anilines is 1. The molecule has 4 rings (SSSR count). The third-order valence-electron chi connectivity index (χ3n) is 4.79. The lowest BCUT2D eigenvalue weighted by Gasteiger charge is -2.19. The molecule has 0 bridgehead atoms. The molecule has 3 aromatic rings. The van der Waals surface area contributed by atoms with E-state index in [0.29, 0.717) is 24.6 Å². The summed E-state index contributed by atoms with van der Waals surface area (Å²) in [5.74, 6) is 0.548. The van der Waals surface area contributed by atoms with Crippen molar-refractivity contribution in [2.24, 2.45) is 4.99 Å². The van der Waals surface area contributed by atoms with Crippen molar-refractivity contribution in [2.75, 3.05) is 25.6 Å². The van der Waals surface area contributed by atoms with E-state index >= 15 is 0 Å². The Morgan fingerprint density at radius 2 is 2.07 bits per heavy atom. The van der Waals surface area contributed by atoms with E-state index in [1.54, 1.807) is 18.4 Å². The van der Waals surface area contributed by atoms with E-state index in [-0.39, 0.29) is 12.5 Å². The fourth-order valence-electron chi connectivity index (χ4n) is 3.21. The average Bonchev–Trinajstić information content (AvgIpc) is 3.14. The minimum Gasteiger partial charge on any atom is -0.482 e. The lowest BCUT2D eigenvalue weighted by molar-refractivity contribution is -0.118. The Kier molecular flexibility index (Phi) is 5.78. The molecule has 2 aromatic carbocycles. The van der Waals surface area contributed by atoms with E-state index in [9.17, 15) is 4.79 Å². The monoisotopic (exact) mass is 409 g/mol. The van der Waals surface area contributed by atoms with Gasteiger partial charge in [-0.1, -0.05) is 19.1 Å². The Bertz CT molecular complexity index is 1080. The lowest BCUT2D eigenvalue weighted by atomic mass is 10.1. The molecular weight excluding hydrogens is 386 g/mol. The van der Waals surface area contributed by atoms with Gasteiger partial charge in [0.2, 0.25) is 0 Å². The summed E-state index contributed by atoms with van der Waals surface area (Å²) in [4.78, 5) is 17.4. The first-order valence-corrected chi connectivity index (χ1v) is 10.4. The number of carbonyl (C=O) groups excluding carboxylic acids is 1. The van der Waals surface area contributed by atoms with Crippen molar-refractivity contribution in [2.45, 2.75) is 19.9 Å². The Morgan fingerprint density at radius 1 is 1.24 bits per heavy atom. The fraction of sp³-hybridized carbons (Fsp3) is 0.273.